The van der Waals surface area contributed by atoms with Crippen molar-refractivity contribution in [3.63, 3.8) is 0 Å². The van der Waals surface area contributed by atoms with Gasteiger partial charge < -0.3 is 9.47 Å². The summed E-state index contributed by atoms with van der Waals surface area (Å²) in [7, 11) is 0. The summed E-state index contributed by atoms with van der Waals surface area (Å²) in [5.74, 6) is -1.25. The molecule has 10 nitrogen and oxygen atoms in total. The number of ether oxygens (including phenoxy) is 2. The number of aryl methyl sites for hydroxylation is 2. The van der Waals surface area contributed by atoms with Gasteiger partial charge in [-0.25, -0.2) is 19.0 Å². The van der Waals surface area contributed by atoms with E-state index < -0.39 is 11.9 Å². The van der Waals surface area contributed by atoms with Gasteiger partial charge in [-0.3, -0.25) is 9.59 Å². The van der Waals surface area contributed by atoms with E-state index in [1.807, 2.05) is 13.8 Å². The summed E-state index contributed by atoms with van der Waals surface area (Å²) in [4.78, 5) is 48.0. The van der Waals surface area contributed by atoms with Gasteiger partial charge in [-0.1, -0.05) is 38.1 Å². The van der Waals surface area contributed by atoms with Crippen molar-refractivity contribution in [3.8, 4) is 0 Å². The van der Waals surface area contributed by atoms with E-state index in [2.05, 4.69) is 10.2 Å². The lowest BCUT2D eigenvalue weighted by atomic mass is 10.1. The molecule has 0 radical (unpaired) electrons. The Balaban J connectivity index is 1.53. The first-order valence-corrected chi connectivity index (χ1v) is 11.0. The molecule has 178 valence electrons. The Morgan fingerprint density at radius 1 is 0.676 bits per heavy atom. The molecular formula is C24H26N4O6. The van der Waals surface area contributed by atoms with Gasteiger partial charge in [0.15, 0.2) is 11.4 Å². The van der Waals surface area contributed by atoms with Gasteiger partial charge in [0.05, 0.1) is 0 Å². The van der Waals surface area contributed by atoms with Crippen molar-refractivity contribution in [2.75, 3.05) is 0 Å². The topological polar surface area (TPSA) is 122 Å². The summed E-state index contributed by atoms with van der Waals surface area (Å²) in [5.41, 5.74) is 1.06. The molecule has 2 heterocycles. The number of carbonyl (C=O) groups excluding carboxylic acids is 2. The average molecular weight is 466 g/mol. The summed E-state index contributed by atoms with van der Waals surface area (Å²) in [6.45, 7) is 4.71. The van der Waals surface area contributed by atoms with Crippen LogP contribution >= 0.6 is 0 Å². The molecule has 0 aliphatic carbocycles. The van der Waals surface area contributed by atoms with Crippen LogP contribution in [0.5, 0.6) is 0 Å². The Labute approximate surface area is 195 Å². The Morgan fingerprint density at radius 2 is 1.06 bits per heavy atom. The normalized spacial score (nSPS) is 10.6. The summed E-state index contributed by atoms with van der Waals surface area (Å²) >= 11 is 0. The second kappa shape index (κ2) is 11.7. The van der Waals surface area contributed by atoms with Gasteiger partial charge in [-0.15, -0.1) is 0 Å². The fraction of sp³-hybridized carbons (Fsp3) is 0.333. The molecule has 10 heteroatoms. The fourth-order valence-corrected chi connectivity index (χ4v) is 3.04. The molecular weight excluding hydrogens is 440 g/mol. The predicted octanol–water partition coefficient (Wildman–Crippen LogP) is 2.33. The zero-order chi connectivity index (χ0) is 24.5. The third kappa shape index (κ3) is 6.47. The Bertz CT molecular complexity index is 1160. The molecule has 2 aromatic heterocycles. The lowest BCUT2D eigenvalue weighted by Gasteiger charge is -2.08. The highest BCUT2D eigenvalue weighted by Gasteiger charge is 2.13. The molecule has 0 spiro atoms. The maximum Gasteiger partial charge on any atom is 0.359 e. The molecule has 0 fully saturated rings. The molecule has 3 rings (SSSR count). The quantitative estimate of drug-likeness (QED) is 0.417. The molecule has 0 saturated carbocycles. The van der Waals surface area contributed by atoms with Crippen molar-refractivity contribution in [1.82, 2.24) is 19.6 Å². The van der Waals surface area contributed by atoms with E-state index in [0.717, 1.165) is 24.0 Å². The maximum atomic E-state index is 12.3. The first-order valence-electron chi connectivity index (χ1n) is 11.0. The number of nitrogens with zero attached hydrogens (tertiary/aromatic N) is 4. The number of benzene rings is 1. The van der Waals surface area contributed by atoms with Crippen molar-refractivity contribution >= 4 is 11.9 Å². The van der Waals surface area contributed by atoms with Crippen LogP contribution < -0.4 is 11.1 Å². The fourth-order valence-electron chi connectivity index (χ4n) is 3.04. The van der Waals surface area contributed by atoms with Crippen LogP contribution in [0.3, 0.4) is 0 Å². The van der Waals surface area contributed by atoms with Crippen molar-refractivity contribution in [1.29, 1.82) is 0 Å². The molecule has 34 heavy (non-hydrogen) atoms. The van der Waals surface area contributed by atoms with Gasteiger partial charge in [0, 0.05) is 25.2 Å². The Kier molecular flexibility index (Phi) is 8.44. The van der Waals surface area contributed by atoms with Gasteiger partial charge in [0.2, 0.25) is 0 Å². The predicted molar refractivity (Wildman–Crippen MR) is 122 cm³/mol. The molecule has 0 N–H and O–H groups in total. The standard InChI is InChI=1S/C24H26N4O6/c1-3-13-27-21(29)11-9-19(25-27)23(31)33-15-17-5-7-18(8-6-17)16-34-24(32)20-10-12-22(30)28(26-20)14-4-2/h5-12H,3-4,13-16H2,1-2H3. The average Bonchev–Trinajstić information content (AvgIpc) is 2.84. The van der Waals surface area contributed by atoms with Crippen LogP contribution in [-0.4, -0.2) is 31.5 Å². The van der Waals surface area contributed by atoms with Gasteiger partial charge in [0.1, 0.15) is 13.2 Å². The second-order valence-corrected chi connectivity index (χ2v) is 7.53. The van der Waals surface area contributed by atoms with Crippen LogP contribution in [0.25, 0.3) is 0 Å². The van der Waals surface area contributed by atoms with E-state index in [4.69, 9.17) is 9.47 Å². The van der Waals surface area contributed by atoms with Crippen molar-refractivity contribution in [2.45, 2.75) is 53.0 Å². The molecule has 0 saturated heterocycles. The lowest BCUT2D eigenvalue weighted by Crippen LogP contribution is -2.24. The molecule has 0 amide bonds. The zero-order valence-electron chi connectivity index (χ0n) is 19.1. The number of carbonyl (C=O) groups is 2. The first kappa shape index (κ1) is 24.6. The van der Waals surface area contributed by atoms with E-state index >= 15 is 0 Å². The van der Waals surface area contributed by atoms with E-state index in [9.17, 15) is 19.2 Å². The monoisotopic (exact) mass is 466 g/mol. The van der Waals surface area contributed by atoms with Gasteiger partial charge in [-0.05, 0) is 36.1 Å². The smallest absolute Gasteiger partial charge is 0.359 e. The highest BCUT2D eigenvalue weighted by atomic mass is 16.5. The largest absolute Gasteiger partial charge is 0.456 e. The number of hydrogen-bond acceptors (Lipinski definition) is 8. The first-order chi connectivity index (χ1) is 16.4. The third-order valence-electron chi connectivity index (χ3n) is 4.79. The minimum atomic E-state index is -0.625. The molecule has 0 unspecified atom stereocenters. The minimum absolute atomic E-state index is 0.0242. The number of aromatic nitrogens is 4. The SMILES string of the molecule is CCCn1nc(C(=O)OCc2ccc(COC(=O)c3ccc(=O)n(CCC)n3)cc2)ccc1=O. The van der Waals surface area contributed by atoms with E-state index in [1.165, 1.54) is 33.6 Å². The van der Waals surface area contributed by atoms with Crippen LogP contribution in [0.1, 0.15) is 58.8 Å². The van der Waals surface area contributed by atoms with Crippen molar-refractivity contribution < 1.29 is 19.1 Å². The van der Waals surface area contributed by atoms with Crippen LogP contribution in [0.4, 0.5) is 0 Å². The van der Waals surface area contributed by atoms with Gasteiger partial charge in [0.25, 0.3) is 11.1 Å². The number of esters is 2. The third-order valence-corrected chi connectivity index (χ3v) is 4.79. The highest BCUT2D eigenvalue weighted by Crippen LogP contribution is 2.09. The number of rotatable bonds is 10. The molecule has 0 aliphatic rings. The van der Waals surface area contributed by atoms with Gasteiger partial charge in [-0.2, -0.15) is 10.2 Å². The minimum Gasteiger partial charge on any atom is -0.456 e. The summed E-state index contributed by atoms with van der Waals surface area (Å²) in [5, 5.41) is 8.06. The summed E-state index contributed by atoms with van der Waals surface area (Å²) < 4.78 is 13.0. The Morgan fingerprint density at radius 3 is 1.41 bits per heavy atom. The van der Waals surface area contributed by atoms with Gasteiger partial charge >= 0.3 is 11.9 Å². The molecule has 0 bridgehead atoms. The van der Waals surface area contributed by atoms with E-state index in [1.54, 1.807) is 24.3 Å². The van der Waals surface area contributed by atoms with Crippen molar-refractivity contribution in [3.05, 3.63) is 91.8 Å². The highest BCUT2D eigenvalue weighted by molar-refractivity contribution is 5.87. The molecule has 1 aromatic carbocycles. The summed E-state index contributed by atoms with van der Waals surface area (Å²) in [6, 6.07) is 12.3. The van der Waals surface area contributed by atoms with E-state index in [0.29, 0.717) is 13.1 Å². The molecule has 3 aromatic rings. The number of hydrogen-bond donors (Lipinski definition) is 0. The van der Waals surface area contributed by atoms with Crippen LogP contribution in [-0.2, 0) is 35.8 Å². The molecule has 0 atom stereocenters. The second-order valence-electron chi connectivity index (χ2n) is 7.53. The molecule has 0 aliphatic heterocycles. The Hall–Kier alpha value is -4.08. The van der Waals surface area contributed by atoms with E-state index in [-0.39, 0.29) is 35.7 Å². The van der Waals surface area contributed by atoms with Crippen LogP contribution in [0.15, 0.2) is 58.1 Å². The van der Waals surface area contributed by atoms with Crippen molar-refractivity contribution in [2.24, 2.45) is 0 Å². The summed E-state index contributed by atoms with van der Waals surface area (Å²) in [6.07, 6.45) is 1.43. The van der Waals surface area contributed by atoms with Crippen LogP contribution in [0, 0.1) is 0 Å². The maximum absolute atomic E-state index is 12.3. The van der Waals surface area contributed by atoms with Crippen LogP contribution in [0.2, 0.25) is 0 Å². The zero-order valence-corrected chi connectivity index (χ0v) is 19.1. The lowest BCUT2D eigenvalue weighted by molar-refractivity contribution is 0.0450.